The Labute approximate surface area is 157 Å². The number of carboxylic acid groups (broad SMARTS) is 1. The zero-order valence-electron chi connectivity index (χ0n) is 14.9. The Balaban J connectivity index is 1.87. The first-order valence-electron chi connectivity index (χ1n) is 8.33. The lowest BCUT2D eigenvalue weighted by Crippen LogP contribution is -2.44. The molecule has 1 amide bonds. The molecule has 27 heavy (non-hydrogen) atoms. The van der Waals surface area contributed by atoms with Gasteiger partial charge in [0.2, 0.25) is 0 Å². The van der Waals surface area contributed by atoms with Crippen molar-refractivity contribution in [3.63, 3.8) is 0 Å². The lowest BCUT2D eigenvalue weighted by molar-refractivity contribution is -0.152. The highest BCUT2D eigenvalue weighted by atomic mass is 16.6. The Morgan fingerprint density at radius 2 is 1.37 bits per heavy atom. The number of carbonyl (C=O) groups is 3. The molecular weight excluding hydrogens is 350 g/mol. The summed E-state index contributed by atoms with van der Waals surface area (Å²) in [5, 5.41) is 9.35. The van der Waals surface area contributed by atoms with Crippen LogP contribution in [0.5, 0.6) is 0 Å². The number of aliphatic carboxylic acids is 1. The van der Waals surface area contributed by atoms with E-state index >= 15 is 0 Å². The number of likely N-dealkylation sites (N-methyl/N-ethyl adjacent to an activating group) is 1. The standard InChI is InChI=1S/C20H21NO6/c1-21(20(25)27-14-16-10-6-3-7-11-16)17(19(23)24)12-18(22)26-13-15-8-4-2-5-9-15/h2-11,17H,12-14H2,1H3,(H,23,24)/t17-/m0/s1. The molecule has 2 aromatic carbocycles. The first kappa shape index (κ1) is 20.0. The van der Waals surface area contributed by atoms with Crippen LogP contribution in [0.3, 0.4) is 0 Å². The monoisotopic (exact) mass is 371 g/mol. The molecule has 7 nitrogen and oxygen atoms in total. The van der Waals surface area contributed by atoms with Crippen molar-refractivity contribution >= 4 is 18.0 Å². The molecule has 0 aromatic heterocycles. The SMILES string of the molecule is CN(C(=O)OCc1ccccc1)[C@@H](CC(=O)OCc1ccccc1)C(=O)O. The molecule has 0 bridgehead atoms. The maximum atomic E-state index is 12.1. The van der Waals surface area contributed by atoms with Crippen LogP contribution in [0, 0.1) is 0 Å². The minimum absolute atomic E-state index is 0.00874. The number of ether oxygens (including phenoxy) is 2. The molecule has 0 aliphatic heterocycles. The van der Waals surface area contributed by atoms with Crippen LogP contribution in [0.15, 0.2) is 60.7 Å². The Bertz CT molecular complexity index is 763. The third kappa shape index (κ3) is 6.47. The highest BCUT2D eigenvalue weighted by molar-refractivity contribution is 5.85. The topological polar surface area (TPSA) is 93.1 Å². The number of hydrogen-bond acceptors (Lipinski definition) is 5. The Kier molecular flexibility index (Phi) is 7.37. The number of amides is 1. The van der Waals surface area contributed by atoms with E-state index in [1.807, 2.05) is 12.1 Å². The smallest absolute Gasteiger partial charge is 0.410 e. The number of carbonyl (C=O) groups excluding carboxylic acids is 2. The van der Waals surface area contributed by atoms with E-state index in [-0.39, 0.29) is 13.2 Å². The fourth-order valence-electron chi connectivity index (χ4n) is 2.29. The third-order valence-electron chi connectivity index (χ3n) is 3.85. The fraction of sp³-hybridized carbons (Fsp3) is 0.250. The highest BCUT2D eigenvalue weighted by Gasteiger charge is 2.30. The molecule has 0 saturated heterocycles. The molecule has 1 atom stereocenters. The van der Waals surface area contributed by atoms with Crippen molar-refractivity contribution in [2.75, 3.05) is 7.05 Å². The van der Waals surface area contributed by atoms with E-state index in [1.165, 1.54) is 7.05 Å². The minimum Gasteiger partial charge on any atom is -0.480 e. The molecule has 0 aliphatic rings. The van der Waals surface area contributed by atoms with Gasteiger partial charge in [0.25, 0.3) is 0 Å². The van der Waals surface area contributed by atoms with Gasteiger partial charge in [0, 0.05) is 7.05 Å². The van der Waals surface area contributed by atoms with Gasteiger partial charge in [-0.2, -0.15) is 0 Å². The van der Waals surface area contributed by atoms with Crippen LogP contribution in [0.4, 0.5) is 4.79 Å². The van der Waals surface area contributed by atoms with Crippen molar-refractivity contribution in [3.8, 4) is 0 Å². The van der Waals surface area contributed by atoms with Crippen molar-refractivity contribution in [1.29, 1.82) is 0 Å². The lowest BCUT2D eigenvalue weighted by atomic mass is 10.2. The molecule has 142 valence electrons. The first-order chi connectivity index (χ1) is 13.0. The Hall–Kier alpha value is -3.35. The van der Waals surface area contributed by atoms with Gasteiger partial charge in [-0.1, -0.05) is 60.7 Å². The van der Waals surface area contributed by atoms with E-state index in [9.17, 15) is 19.5 Å². The maximum Gasteiger partial charge on any atom is 0.410 e. The summed E-state index contributed by atoms with van der Waals surface area (Å²) in [5.41, 5.74) is 1.56. The van der Waals surface area contributed by atoms with E-state index in [4.69, 9.17) is 9.47 Å². The molecular formula is C20H21NO6. The number of nitrogens with zero attached hydrogens (tertiary/aromatic N) is 1. The second kappa shape index (κ2) is 9.96. The average molecular weight is 371 g/mol. The zero-order chi connectivity index (χ0) is 19.6. The van der Waals surface area contributed by atoms with Crippen LogP contribution in [-0.2, 0) is 32.3 Å². The van der Waals surface area contributed by atoms with Gasteiger partial charge in [0.05, 0.1) is 6.42 Å². The fourth-order valence-corrected chi connectivity index (χ4v) is 2.29. The summed E-state index contributed by atoms with van der Waals surface area (Å²) in [5.74, 6) is -2.03. The summed E-state index contributed by atoms with van der Waals surface area (Å²) in [4.78, 5) is 36.4. The van der Waals surface area contributed by atoms with Crippen molar-refractivity contribution in [1.82, 2.24) is 4.90 Å². The van der Waals surface area contributed by atoms with Gasteiger partial charge in [-0.3, -0.25) is 9.69 Å². The molecule has 0 saturated carbocycles. The van der Waals surface area contributed by atoms with E-state index < -0.39 is 30.5 Å². The van der Waals surface area contributed by atoms with Crippen LogP contribution < -0.4 is 0 Å². The number of esters is 1. The zero-order valence-corrected chi connectivity index (χ0v) is 14.9. The quantitative estimate of drug-likeness (QED) is 0.717. The van der Waals surface area contributed by atoms with E-state index in [0.717, 1.165) is 16.0 Å². The van der Waals surface area contributed by atoms with Gasteiger partial charge < -0.3 is 14.6 Å². The van der Waals surface area contributed by atoms with Crippen LogP contribution in [0.25, 0.3) is 0 Å². The van der Waals surface area contributed by atoms with Crippen molar-refractivity contribution in [3.05, 3.63) is 71.8 Å². The summed E-state index contributed by atoms with van der Waals surface area (Å²) >= 11 is 0. The summed E-state index contributed by atoms with van der Waals surface area (Å²) in [6.07, 6.45) is -1.30. The Morgan fingerprint density at radius 1 is 0.889 bits per heavy atom. The molecule has 0 aliphatic carbocycles. The predicted molar refractivity (Wildman–Crippen MR) is 96.7 cm³/mol. The maximum absolute atomic E-state index is 12.1. The van der Waals surface area contributed by atoms with E-state index in [2.05, 4.69) is 0 Å². The summed E-state index contributed by atoms with van der Waals surface area (Å²) in [6, 6.07) is 16.6. The Morgan fingerprint density at radius 3 is 1.85 bits per heavy atom. The van der Waals surface area contributed by atoms with Gasteiger partial charge in [0.1, 0.15) is 19.3 Å². The van der Waals surface area contributed by atoms with Gasteiger partial charge in [-0.25, -0.2) is 9.59 Å². The normalized spacial score (nSPS) is 11.3. The summed E-state index contributed by atoms with van der Waals surface area (Å²) in [6.45, 7) is 0.0446. The van der Waals surface area contributed by atoms with Crippen LogP contribution in [-0.4, -0.2) is 41.1 Å². The molecule has 2 aromatic rings. The van der Waals surface area contributed by atoms with Crippen LogP contribution >= 0.6 is 0 Å². The van der Waals surface area contributed by atoms with Gasteiger partial charge >= 0.3 is 18.0 Å². The molecule has 2 rings (SSSR count). The lowest BCUT2D eigenvalue weighted by Gasteiger charge is -2.23. The number of rotatable bonds is 8. The highest BCUT2D eigenvalue weighted by Crippen LogP contribution is 2.10. The second-order valence-electron chi connectivity index (χ2n) is 5.86. The first-order valence-corrected chi connectivity index (χ1v) is 8.33. The van der Waals surface area contributed by atoms with Crippen molar-refractivity contribution in [2.24, 2.45) is 0 Å². The second-order valence-corrected chi connectivity index (χ2v) is 5.86. The molecule has 0 fully saturated rings. The van der Waals surface area contributed by atoms with Crippen molar-refractivity contribution < 1.29 is 29.0 Å². The number of benzene rings is 2. The van der Waals surface area contributed by atoms with E-state index in [1.54, 1.807) is 48.5 Å². The van der Waals surface area contributed by atoms with Gasteiger partial charge in [-0.05, 0) is 11.1 Å². The number of carboxylic acids is 1. The van der Waals surface area contributed by atoms with Crippen LogP contribution in [0.2, 0.25) is 0 Å². The third-order valence-corrected chi connectivity index (χ3v) is 3.85. The van der Waals surface area contributed by atoms with Crippen molar-refractivity contribution in [2.45, 2.75) is 25.7 Å². The largest absolute Gasteiger partial charge is 0.480 e. The molecule has 0 spiro atoms. The molecule has 7 heteroatoms. The molecule has 1 N–H and O–H groups in total. The molecule has 0 radical (unpaired) electrons. The van der Waals surface area contributed by atoms with Gasteiger partial charge in [-0.15, -0.1) is 0 Å². The molecule has 0 unspecified atom stereocenters. The summed E-state index contributed by atoms with van der Waals surface area (Å²) in [7, 11) is 1.27. The van der Waals surface area contributed by atoms with Gasteiger partial charge in [0.15, 0.2) is 0 Å². The van der Waals surface area contributed by atoms with Crippen LogP contribution in [0.1, 0.15) is 17.5 Å². The van der Waals surface area contributed by atoms with E-state index in [0.29, 0.717) is 0 Å². The average Bonchev–Trinajstić information content (AvgIpc) is 2.69. The predicted octanol–water partition coefficient (Wildman–Crippen LogP) is 2.84. The minimum atomic E-state index is -1.38. The molecule has 0 heterocycles. The number of hydrogen-bond donors (Lipinski definition) is 1. The summed E-state index contributed by atoms with van der Waals surface area (Å²) < 4.78 is 10.2.